The van der Waals surface area contributed by atoms with E-state index >= 15 is 0 Å². The van der Waals surface area contributed by atoms with Crippen LogP contribution < -0.4 is 5.46 Å². The van der Waals surface area contributed by atoms with Crippen molar-refractivity contribution < 1.29 is 18.9 Å². The molecule has 1 aliphatic rings. The van der Waals surface area contributed by atoms with Crippen molar-refractivity contribution in [2.45, 2.75) is 64.8 Å². The van der Waals surface area contributed by atoms with Gasteiger partial charge < -0.3 is 18.9 Å². The van der Waals surface area contributed by atoms with Crippen LogP contribution in [-0.2, 0) is 15.7 Å². The van der Waals surface area contributed by atoms with Gasteiger partial charge in [-0.05, 0) is 47.0 Å². The Morgan fingerprint density at radius 2 is 1.60 bits per heavy atom. The minimum atomic E-state index is -0.885. The van der Waals surface area contributed by atoms with Crippen molar-refractivity contribution >= 4 is 12.6 Å². The van der Waals surface area contributed by atoms with Crippen LogP contribution in [0.3, 0.4) is 0 Å². The number of nitrogens with zero attached hydrogens (tertiary/aromatic N) is 2. The lowest BCUT2D eigenvalue weighted by Crippen LogP contribution is -2.41. The molecule has 1 aromatic carbocycles. The van der Waals surface area contributed by atoms with E-state index < -0.39 is 12.7 Å². The topological polar surface area (TPSA) is 77.6 Å². The zero-order chi connectivity index (χ0) is 18.5. The van der Waals surface area contributed by atoms with Gasteiger partial charge in [0.25, 0.3) is 0 Å². The van der Waals surface area contributed by atoms with Gasteiger partial charge in [0.2, 0.25) is 11.7 Å². The van der Waals surface area contributed by atoms with Crippen molar-refractivity contribution in [3.63, 3.8) is 0 Å². The number of hydrogen-bond acceptors (Lipinski definition) is 6. The van der Waals surface area contributed by atoms with Gasteiger partial charge in [-0.15, -0.1) is 0 Å². The molecule has 0 saturated carbocycles. The summed E-state index contributed by atoms with van der Waals surface area (Å²) in [5.74, 6) is 0.914. The average Bonchev–Trinajstić information content (AvgIpc) is 3.00. The number of rotatable bonds is 4. The van der Waals surface area contributed by atoms with E-state index in [-0.39, 0.29) is 11.2 Å². The predicted octanol–water partition coefficient (Wildman–Crippen LogP) is 2.35. The third-order valence-electron chi connectivity index (χ3n) is 4.75. The Bertz CT molecular complexity index is 731. The van der Waals surface area contributed by atoms with Gasteiger partial charge in [-0.25, -0.2) is 0 Å². The number of hydrogen-bond donors (Lipinski definition) is 1. The van der Waals surface area contributed by atoms with Gasteiger partial charge in [0.1, 0.15) is 0 Å². The molecule has 1 aromatic heterocycles. The number of benzene rings is 1. The van der Waals surface area contributed by atoms with Crippen LogP contribution in [0.5, 0.6) is 0 Å². The van der Waals surface area contributed by atoms with Crippen LogP contribution >= 0.6 is 0 Å². The highest BCUT2D eigenvalue weighted by Crippen LogP contribution is 2.36. The molecule has 2 aromatic rings. The maximum atomic E-state index is 9.84. The van der Waals surface area contributed by atoms with Crippen molar-refractivity contribution in [3.8, 4) is 11.4 Å². The summed E-state index contributed by atoms with van der Waals surface area (Å²) in [5, 5.41) is 13.8. The van der Waals surface area contributed by atoms with Gasteiger partial charge in [0, 0.05) is 5.56 Å². The molecule has 0 unspecified atom stereocenters. The van der Waals surface area contributed by atoms with Crippen LogP contribution in [0.25, 0.3) is 11.4 Å². The quantitative estimate of drug-likeness (QED) is 0.858. The van der Waals surface area contributed by atoms with Crippen LogP contribution in [0.1, 0.15) is 47.4 Å². The fraction of sp³-hybridized carbons (Fsp3) is 0.556. The maximum absolute atomic E-state index is 9.84. The molecule has 134 valence electrons. The zero-order valence-corrected chi connectivity index (χ0v) is 15.7. The molecule has 3 rings (SSSR count). The third kappa shape index (κ3) is 3.78. The Morgan fingerprint density at radius 3 is 2.12 bits per heavy atom. The lowest BCUT2D eigenvalue weighted by atomic mass is 9.79. The average molecular weight is 344 g/mol. The van der Waals surface area contributed by atoms with Crippen LogP contribution in [0.15, 0.2) is 28.8 Å². The minimum absolute atomic E-state index is 0.312. The summed E-state index contributed by atoms with van der Waals surface area (Å²) < 4.78 is 17.3. The SMILES string of the molecule is CC(C)(O)Cc1nc(-c2ccc(B3OC(C)(C)C(C)(C)O3)cc2)no1. The van der Waals surface area contributed by atoms with E-state index in [0.29, 0.717) is 18.1 Å². The van der Waals surface area contributed by atoms with E-state index in [2.05, 4.69) is 10.1 Å². The van der Waals surface area contributed by atoms with Crippen LogP contribution in [0, 0.1) is 0 Å². The van der Waals surface area contributed by atoms with Crippen molar-refractivity contribution in [3.05, 3.63) is 30.2 Å². The van der Waals surface area contributed by atoms with Crippen LogP contribution in [0.4, 0.5) is 0 Å². The molecule has 1 fully saturated rings. The number of aromatic nitrogens is 2. The molecule has 0 aliphatic carbocycles. The summed E-state index contributed by atoms with van der Waals surface area (Å²) in [7, 11) is -0.393. The van der Waals surface area contributed by atoms with E-state index in [9.17, 15) is 5.11 Å². The second-order valence-corrected chi connectivity index (χ2v) is 8.21. The van der Waals surface area contributed by atoms with Gasteiger partial charge in [0.05, 0.1) is 23.2 Å². The molecule has 0 atom stereocenters. The zero-order valence-electron chi connectivity index (χ0n) is 15.7. The minimum Gasteiger partial charge on any atom is -0.399 e. The second kappa shape index (κ2) is 5.93. The summed E-state index contributed by atoms with van der Waals surface area (Å²) in [6.07, 6.45) is 0.312. The molecule has 0 radical (unpaired) electrons. The molecule has 1 saturated heterocycles. The smallest absolute Gasteiger partial charge is 0.399 e. The van der Waals surface area contributed by atoms with Crippen molar-refractivity contribution in [1.82, 2.24) is 10.1 Å². The Labute approximate surface area is 148 Å². The Hall–Kier alpha value is -1.70. The fourth-order valence-corrected chi connectivity index (χ4v) is 2.58. The molecule has 0 bridgehead atoms. The van der Waals surface area contributed by atoms with Gasteiger partial charge in [-0.2, -0.15) is 4.98 Å². The molecule has 25 heavy (non-hydrogen) atoms. The highest BCUT2D eigenvalue weighted by Gasteiger charge is 2.51. The lowest BCUT2D eigenvalue weighted by Gasteiger charge is -2.32. The van der Waals surface area contributed by atoms with Crippen molar-refractivity contribution in [2.75, 3.05) is 0 Å². The first-order valence-electron chi connectivity index (χ1n) is 8.48. The van der Waals surface area contributed by atoms with Gasteiger partial charge in [-0.1, -0.05) is 29.4 Å². The van der Waals surface area contributed by atoms with Crippen LogP contribution in [0.2, 0.25) is 0 Å². The molecular weight excluding hydrogens is 319 g/mol. The molecule has 0 spiro atoms. The van der Waals surface area contributed by atoms with Gasteiger partial charge >= 0.3 is 7.12 Å². The summed E-state index contributed by atoms with van der Waals surface area (Å²) >= 11 is 0. The highest BCUT2D eigenvalue weighted by molar-refractivity contribution is 6.62. The molecule has 1 aliphatic heterocycles. The first kappa shape index (κ1) is 18.1. The van der Waals surface area contributed by atoms with E-state index in [1.807, 2.05) is 52.0 Å². The predicted molar refractivity (Wildman–Crippen MR) is 95.5 cm³/mol. The molecule has 6 nitrogen and oxygen atoms in total. The second-order valence-electron chi connectivity index (χ2n) is 8.21. The molecular formula is C18H25BN2O4. The van der Waals surface area contributed by atoms with E-state index in [1.54, 1.807) is 13.8 Å². The fourth-order valence-electron chi connectivity index (χ4n) is 2.58. The van der Waals surface area contributed by atoms with E-state index in [0.717, 1.165) is 11.0 Å². The molecule has 7 heteroatoms. The van der Waals surface area contributed by atoms with Crippen LogP contribution in [-0.4, -0.2) is 39.2 Å². The van der Waals surface area contributed by atoms with Gasteiger partial charge in [-0.3, -0.25) is 0 Å². The normalized spacial score (nSPS) is 19.4. The maximum Gasteiger partial charge on any atom is 0.494 e. The van der Waals surface area contributed by atoms with Crippen molar-refractivity contribution in [1.29, 1.82) is 0 Å². The number of aliphatic hydroxyl groups is 1. The third-order valence-corrected chi connectivity index (χ3v) is 4.75. The lowest BCUT2D eigenvalue weighted by molar-refractivity contribution is 0.00578. The van der Waals surface area contributed by atoms with E-state index in [1.165, 1.54) is 0 Å². The standard InChI is InChI=1S/C18H25BN2O4/c1-16(2,22)11-14-20-15(21-23-14)12-7-9-13(10-8-12)19-24-17(3,4)18(5,6)25-19/h7-10,22H,11H2,1-6H3. The summed E-state index contributed by atoms with van der Waals surface area (Å²) in [4.78, 5) is 4.34. The monoisotopic (exact) mass is 344 g/mol. The largest absolute Gasteiger partial charge is 0.494 e. The van der Waals surface area contributed by atoms with Gasteiger partial charge in [0.15, 0.2) is 0 Å². The Balaban J connectivity index is 1.75. The first-order chi connectivity index (χ1) is 11.5. The Kier molecular flexibility index (Phi) is 4.30. The van der Waals surface area contributed by atoms with Crippen molar-refractivity contribution in [2.24, 2.45) is 0 Å². The molecule has 2 heterocycles. The summed E-state index contributed by atoms with van der Waals surface area (Å²) in [5.41, 5.74) is 0.171. The summed E-state index contributed by atoms with van der Waals surface area (Å²) in [6, 6.07) is 7.73. The molecule has 0 amide bonds. The first-order valence-corrected chi connectivity index (χ1v) is 8.48. The highest BCUT2D eigenvalue weighted by atomic mass is 16.7. The van der Waals surface area contributed by atoms with E-state index in [4.69, 9.17) is 13.8 Å². The Morgan fingerprint density at radius 1 is 1.04 bits per heavy atom. The molecule has 1 N–H and O–H groups in total. The summed E-state index contributed by atoms with van der Waals surface area (Å²) in [6.45, 7) is 11.5.